The van der Waals surface area contributed by atoms with Gasteiger partial charge in [-0.2, -0.15) is 4.39 Å². The molecule has 0 bridgehead atoms. The van der Waals surface area contributed by atoms with Crippen LogP contribution in [0.5, 0.6) is 0 Å². The van der Waals surface area contributed by atoms with E-state index in [1.54, 1.807) is 12.1 Å². The van der Waals surface area contributed by atoms with Gasteiger partial charge in [0, 0.05) is 28.4 Å². The highest BCUT2D eigenvalue weighted by molar-refractivity contribution is 5.98. The molecule has 0 spiro atoms. The number of hydrogen-bond donors (Lipinski definition) is 1. The van der Waals surface area contributed by atoms with Crippen molar-refractivity contribution in [3.05, 3.63) is 130 Å². The highest BCUT2D eigenvalue weighted by atomic mass is 19.1. The first kappa shape index (κ1) is 29.7. The van der Waals surface area contributed by atoms with Gasteiger partial charge in [-0.1, -0.05) is 126 Å². The molecule has 0 unspecified atom stereocenters. The van der Waals surface area contributed by atoms with Crippen LogP contribution in [-0.2, 0) is 10.8 Å². The van der Waals surface area contributed by atoms with Crippen LogP contribution in [0.1, 0.15) is 52.7 Å². The van der Waals surface area contributed by atoms with Gasteiger partial charge in [0.2, 0.25) is 5.82 Å². The summed E-state index contributed by atoms with van der Waals surface area (Å²) >= 11 is 0. The van der Waals surface area contributed by atoms with Gasteiger partial charge >= 0.3 is 5.69 Å². The molecule has 0 radical (unpaired) electrons. The van der Waals surface area contributed by atoms with E-state index in [1.807, 2.05) is 42.5 Å². The van der Waals surface area contributed by atoms with Crippen molar-refractivity contribution in [1.29, 1.82) is 0 Å². The van der Waals surface area contributed by atoms with Crippen molar-refractivity contribution in [3.8, 4) is 44.5 Å². The lowest BCUT2D eigenvalue weighted by Crippen LogP contribution is -2.13. The third kappa shape index (κ3) is 5.80. The number of nitro groups is 1. The summed E-state index contributed by atoms with van der Waals surface area (Å²) < 4.78 is 15.5. The number of nitrogens with two attached hydrogens (primary N) is 1. The zero-order chi connectivity index (χ0) is 31.1. The van der Waals surface area contributed by atoms with Crippen LogP contribution in [-0.4, -0.2) is 4.92 Å². The van der Waals surface area contributed by atoms with Crippen LogP contribution in [0.2, 0.25) is 0 Å². The third-order valence-electron chi connectivity index (χ3n) is 7.99. The Morgan fingerprint density at radius 1 is 0.581 bits per heavy atom. The number of benzene rings is 5. The second kappa shape index (κ2) is 11.1. The van der Waals surface area contributed by atoms with Gasteiger partial charge in [-0.3, -0.25) is 10.1 Å². The molecule has 5 aromatic carbocycles. The lowest BCUT2D eigenvalue weighted by Gasteiger charge is -2.25. The Kier molecular flexibility index (Phi) is 7.70. The van der Waals surface area contributed by atoms with Crippen molar-refractivity contribution in [1.82, 2.24) is 0 Å². The number of hydrogen-bond acceptors (Lipinski definition) is 3. The lowest BCUT2D eigenvalue weighted by atomic mass is 9.80. The Morgan fingerprint density at radius 2 is 1.05 bits per heavy atom. The van der Waals surface area contributed by atoms with E-state index in [-0.39, 0.29) is 16.4 Å². The van der Waals surface area contributed by atoms with Crippen molar-refractivity contribution >= 4 is 11.4 Å². The number of rotatable bonds is 5. The van der Waals surface area contributed by atoms with Crippen LogP contribution in [0.4, 0.5) is 15.8 Å². The first-order chi connectivity index (χ1) is 20.3. The summed E-state index contributed by atoms with van der Waals surface area (Å²) in [4.78, 5) is 10.8. The van der Waals surface area contributed by atoms with Gasteiger partial charge in [0.25, 0.3) is 0 Å². The fraction of sp³-hybridized carbons (Fsp3) is 0.211. The van der Waals surface area contributed by atoms with Crippen molar-refractivity contribution in [3.63, 3.8) is 0 Å². The van der Waals surface area contributed by atoms with Gasteiger partial charge in [0.1, 0.15) is 0 Å². The third-order valence-corrected chi connectivity index (χ3v) is 7.99. The standard InChI is InChI=1S/C38H37FN2O2/c1-37(2,3)25-14-11-13-24(21-25)32-22-26(38(4,5)6)23-33(36(32)40)30-18-10-8-16-28(30)27-15-7-9-17-29(27)31-19-12-20-34(35(31)39)41(42)43/h7-23H,40H2,1-6H3. The molecule has 218 valence electrons. The minimum Gasteiger partial charge on any atom is -0.398 e. The summed E-state index contributed by atoms with van der Waals surface area (Å²) in [6.45, 7) is 13.1. The molecule has 5 heteroatoms. The zero-order valence-electron chi connectivity index (χ0n) is 25.5. The average molecular weight is 573 g/mol. The van der Waals surface area contributed by atoms with Crippen LogP contribution in [0.3, 0.4) is 0 Å². The van der Waals surface area contributed by atoms with Crippen molar-refractivity contribution in [2.45, 2.75) is 52.4 Å². The van der Waals surface area contributed by atoms with Crippen molar-refractivity contribution in [2.75, 3.05) is 5.73 Å². The maximum absolute atomic E-state index is 15.5. The Balaban J connectivity index is 1.78. The molecule has 43 heavy (non-hydrogen) atoms. The van der Waals surface area contributed by atoms with Crippen molar-refractivity contribution in [2.24, 2.45) is 0 Å². The molecule has 0 aliphatic carbocycles. The van der Waals surface area contributed by atoms with E-state index in [0.29, 0.717) is 11.3 Å². The summed E-state index contributed by atoms with van der Waals surface area (Å²) in [6, 6.07) is 32.5. The van der Waals surface area contributed by atoms with Crippen LogP contribution in [0, 0.1) is 15.9 Å². The molecule has 4 nitrogen and oxygen atoms in total. The number of halogens is 1. The molecule has 0 aliphatic heterocycles. The summed E-state index contributed by atoms with van der Waals surface area (Å²) in [5.74, 6) is -0.854. The van der Waals surface area contributed by atoms with Gasteiger partial charge in [-0.15, -0.1) is 0 Å². The zero-order valence-corrected chi connectivity index (χ0v) is 25.5. The van der Waals surface area contributed by atoms with E-state index in [9.17, 15) is 10.1 Å². The maximum Gasteiger partial charge on any atom is 0.305 e. The highest BCUT2D eigenvalue weighted by Gasteiger charge is 2.24. The van der Waals surface area contributed by atoms with E-state index in [1.165, 1.54) is 17.7 Å². The lowest BCUT2D eigenvalue weighted by molar-refractivity contribution is -0.387. The van der Waals surface area contributed by atoms with Crippen LogP contribution in [0.15, 0.2) is 103 Å². The SMILES string of the molecule is CC(C)(C)c1cccc(-c2cc(C(C)(C)C)cc(-c3ccccc3-c3ccccc3-c3cccc([N+](=O)[O-])c3F)c2N)c1. The van der Waals surface area contributed by atoms with Gasteiger partial charge < -0.3 is 5.73 Å². The molecule has 0 amide bonds. The predicted molar refractivity (Wildman–Crippen MR) is 177 cm³/mol. The fourth-order valence-corrected chi connectivity index (χ4v) is 5.48. The topological polar surface area (TPSA) is 69.2 Å². The summed E-state index contributed by atoms with van der Waals surface area (Å²) in [5, 5.41) is 11.5. The van der Waals surface area contributed by atoms with E-state index >= 15 is 4.39 Å². The van der Waals surface area contributed by atoms with E-state index in [4.69, 9.17) is 5.73 Å². The second-order valence-corrected chi connectivity index (χ2v) is 13.1. The Bertz CT molecular complexity index is 1840. The maximum atomic E-state index is 15.5. The molecule has 0 saturated heterocycles. The second-order valence-electron chi connectivity index (χ2n) is 13.1. The number of nitrogen functional groups attached to an aromatic ring is 1. The molecule has 0 heterocycles. The van der Waals surface area contributed by atoms with Crippen molar-refractivity contribution < 1.29 is 9.31 Å². The summed E-state index contributed by atoms with van der Waals surface area (Å²) in [6.07, 6.45) is 0. The van der Waals surface area contributed by atoms with Gasteiger partial charge in [0.15, 0.2) is 0 Å². The molecular formula is C38H37FN2O2. The number of nitro benzene ring substituents is 1. The first-order valence-electron chi connectivity index (χ1n) is 14.4. The average Bonchev–Trinajstić information content (AvgIpc) is 2.96. The highest BCUT2D eigenvalue weighted by Crippen LogP contribution is 2.45. The Labute approximate surface area is 253 Å². The van der Waals surface area contributed by atoms with Gasteiger partial charge in [-0.25, -0.2) is 0 Å². The molecule has 0 fully saturated rings. The van der Waals surface area contributed by atoms with E-state index in [2.05, 4.69) is 77.9 Å². The molecule has 0 aliphatic rings. The summed E-state index contributed by atoms with van der Waals surface area (Å²) in [7, 11) is 0. The molecule has 0 saturated carbocycles. The molecule has 0 aromatic heterocycles. The van der Waals surface area contributed by atoms with Crippen LogP contribution < -0.4 is 5.73 Å². The summed E-state index contributed by atoms with van der Waals surface area (Å²) in [5.41, 5.74) is 15.5. The first-order valence-corrected chi connectivity index (χ1v) is 14.4. The largest absolute Gasteiger partial charge is 0.398 e. The Morgan fingerprint density at radius 3 is 1.58 bits per heavy atom. The van der Waals surface area contributed by atoms with E-state index in [0.717, 1.165) is 38.9 Å². The van der Waals surface area contributed by atoms with E-state index < -0.39 is 16.4 Å². The Hall–Kier alpha value is -4.77. The normalized spacial score (nSPS) is 11.9. The minimum absolute atomic E-state index is 0.0205. The van der Waals surface area contributed by atoms with Gasteiger partial charge in [0.05, 0.1) is 4.92 Å². The molecule has 5 rings (SSSR count). The van der Waals surface area contributed by atoms with Crippen LogP contribution >= 0.6 is 0 Å². The fourth-order valence-electron chi connectivity index (χ4n) is 5.48. The monoisotopic (exact) mass is 572 g/mol. The quantitative estimate of drug-likeness (QED) is 0.129. The van der Waals surface area contributed by atoms with Crippen LogP contribution in [0.25, 0.3) is 44.5 Å². The molecule has 2 N–H and O–H groups in total. The molecular weight excluding hydrogens is 535 g/mol. The smallest absolute Gasteiger partial charge is 0.305 e. The minimum atomic E-state index is -0.854. The molecule has 5 aromatic rings. The molecule has 0 atom stereocenters. The predicted octanol–water partition coefficient (Wildman–Crippen LogP) is 10.6. The number of anilines is 1. The van der Waals surface area contributed by atoms with Gasteiger partial charge in [-0.05, 0) is 61.9 Å². The number of nitrogens with zero attached hydrogens (tertiary/aromatic N) is 1.